The molecule has 0 saturated heterocycles. The first-order valence-corrected chi connectivity index (χ1v) is 6.04. The fourth-order valence-corrected chi connectivity index (χ4v) is 1.61. The SMILES string of the molecule is [F][Ti+]([F])[F].c1cc2c([cH-]1)CCCC2. The topological polar surface area (TPSA) is 0 Å². The Morgan fingerprint density at radius 2 is 1.77 bits per heavy atom. The van der Waals surface area contributed by atoms with Crippen LogP contribution in [0.2, 0.25) is 0 Å². The first kappa shape index (κ1) is 10.9. The summed E-state index contributed by atoms with van der Waals surface area (Å²) in [6.45, 7) is 0. The normalized spacial score (nSPS) is 14.1. The van der Waals surface area contributed by atoms with Crippen molar-refractivity contribution < 1.29 is 28.8 Å². The van der Waals surface area contributed by atoms with Crippen LogP contribution in [-0.4, -0.2) is 0 Å². The zero-order chi connectivity index (χ0) is 9.68. The fraction of sp³-hybridized carbons (Fsp3) is 0.444. The van der Waals surface area contributed by atoms with Gasteiger partial charge in [0.05, 0.1) is 0 Å². The van der Waals surface area contributed by atoms with Crippen molar-refractivity contribution in [1.82, 2.24) is 0 Å². The molecule has 0 saturated carbocycles. The maximum atomic E-state index is 9.83. The van der Waals surface area contributed by atoms with Gasteiger partial charge in [-0.1, -0.05) is 25.7 Å². The van der Waals surface area contributed by atoms with E-state index in [9.17, 15) is 9.28 Å². The Kier molecular flexibility index (Phi) is 4.67. The van der Waals surface area contributed by atoms with Crippen molar-refractivity contribution in [3.63, 3.8) is 0 Å². The Bertz CT molecular complexity index is 222. The molecule has 1 aliphatic carbocycles. The van der Waals surface area contributed by atoms with Gasteiger partial charge in [0.15, 0.2) is 0 Å². The van der Waals surface area contributed by atoms with E-state index in [0.717, 1.165) is 0 Å². The number of hydrogen-bond acceptors (Lipinski definition) is 0. The molecule has 4 heteroatoms. The minimum Gasteiger partial charge on any atom is -0.210 e. The molecule has 0 spiro atoms. The molecule has 0 N–H and O–H groups in total. The summed E-state index contributed by atoms with van der Waals surface area (Å²) >= 11 is -4.83. The van der Waals surface area contributed by atoms with Gasteiger partial charge >= 0.3 is 28.8 Å². The standard InChI is InChI=1S/C9H11.3FH.Ti/c1-2-5-9-7-3-6-8(9)4-1;;;;/h3,6-7H,1-2,4-5H2;3*1H;/q-1;;;;+4/p-3. The number of halogens is 3. The third-order valence-corrected chi connectivity index (χ3v) is 2.15. The van der Waals surface area contributed by atoms with Gasteiger partial charge < -0.3 is 0 Å². The largest absolute Gasteiger partial charge is 0.210 e. The van der Waals surface area contributed by atoms with E-state index >= 15 is 0 Å². The molecule has 13 heavy (non-hydrogen) atoms. The van der Waals surface area contributed by atoms with Crippen LogP contribution in [0.1, 0.15) is 24.0 Å². The van der Waals surface area contributed by atoms with Gasteiger partial charge in [0, 0.05) is 0 Å². The van der Waals surface area contributed by atoms with Gasteiger partial charge in [-0.15, -0.1) is 0 Å². The van der Waals surface area contributed by atoms with Crippen LogP contribution >= 0.6 is 0 Å². The Balaban J connectivity index is 0.000000184. The van der Waals surface area contributed by atoms with Gasteiger partial charge in [0.2, 0.25) is 0 Å². The predicted octanol–water partition coefficient (Wildman–Crippen LogP) is 3.54. The molecule has 0 nitrogen and oxygen atoms in total. The number of aryl methyl sites for hydroxylation is 2. The van der Waals surface area contributed by atoms with E-state index in [1.54, 1.807) is 11.1 Å². The minimum atomic E-state index is -4.83. The zero-order valence-electron chi connectivity index (χ0n) is 7.19. The summed E-state index contributed by atoms with van der Waals surface area (Å²) in [5, 5.41) is 0. The predicted molar refractivity (Wildman–Crippen MR) is 42.0 cm³/mol. The van der Waals surface area contributed by atoms with Crippen molar-refractivity contribution in [3.8, 4) is 0 Å². The van der Waals surface area contributed by atoms with Crippen LogP contribution in [0.3, 0.4) is 0 Å². The van der Waals surface area contributed by atoms with Crippen molar-refractivity contribution in [2.24, 2.45) is 0 Å². The van der Waals surface area contributed by atoms with Crippen molar-refractivity contribution in [3.05, 3.63) is 29.3 Å². The molecule has 0 radical (unpaired) electrons. The van der Waals surface area contributed by atoms with E-state index in [4.69, 9.17) is 0 Å². The molecule has 72 valence electrons. The van der Waals surface area contributed by atoms with Crippen LogP contribution in [0.4, 0.5) is 9.28 Å². The van der Waals surface area contributed by atoms with Crippen LogP contribution < -0.4 is 0 Å². The Labute approximate surface area is 84.0 Å². The molecular formula is C9H11F3Ti. The van der Waals surface area contributed by atoms with Crippen LogP contribution in [0.5, 0.6) is 0 Å². The van der Waals surface area contributed by atoms with Crippen molar-refractivity contribution in [1.29, 1.82) is 0 Å². The van der Waals surface area contributed by atoms with Gasteiger partial charge in [-0.05, 0) is 0 Å². The van der Waals surface area contributed by atoms with Gasteiger partial charge in [-0.2, -0.15) is 23.3 Å². The molecule has 0 bridgehead atoms. The first-order valence-electron chi connectivity index (χ1n) is 4.27. The van der Waals surface area contributed by atoms with Gasteiger partial charge in [0.1, 0.15) is 0 Å². The Hall–Kier alpha value is -0.146. The number of rotatable bonds is 0. The van der Waals surface area contributed by atoms with E-state index in [-0.39, 0.29) is 0 Å². The van der Waals surface area contributed by atoms with E-state index in [2.05, 4.69) is 18.2 Å². The van der Waals surface area contributed by atoms with Crippen molar-refractivity contribution >= 4 is 0 Å². The number of hydrogen-bond donors (Lipinski definition) is 0. The molecule has 0 aromatic heterocycles. The maximum absolute atomic E-state index is 9.83. The summed E-state index contributed by atoms with van der Waals surface area (Å²) in [5.41, 5.74) is 3.20. The quantitative estimate of drug-likeness (QED) is 0.467. The molecule has 0 heterocycles. The van der Waals surface area contributed by atoms with E-state index in [0.29, 0.717) is 0 Å². The molecule has 0 unspecified atom stereocenters. The molecule has 0 aliphatic heterocycles. The molecule has 1 aromatic rings. The zero-order valence-corrected chi connectivity index (χ0v) is 8.76. The second kappa shape index (κ2) is 5.56. The second-order valence-electron chi connectivity index (χ2n) is 3.00. The average Bonchev–Trinajstić information content (AvgIpc) is 2.49. The third-order valence-electron chi connectivity index (χ3n) is 2.15. The first-order chi connectivity index (χ1) is 6.20. The van der Waals surface area contributed by atoms with Gasteiger partial charge in [-0.3, -0.25) is 0 Å². The summed E-state index contributed by atoms with van der Waals surface area (Å²) < 4.78 is 29.5. The molecule has 2 rings (SSSR count). The third kappa shape index (κ3) is 4.05. The molecule has 0 atom stereocenters. The van der Waals surface area contributed by atoms with Crippen LogP contribution in [-0.2, 0) is 32.3 Å². The van der Waals surface area contributed by atoms with Crippen LogP contribution in [0, 0.1) is 0 Å². The smallest absolute Gasteiger partial charge is 0.0512 e. The molecule has 0 fully saturated rings. The van der Waals surface area contributed by atoms with Crippen LogP contribution in [0.25, 0.3) is 0 Å². The summed E-state index contributed by atoms with van der Waals surface area (Å²) in [6.07, 6.45) is 5.44. The summed E-state index contributed by atoms with van der Waals surface area (Å²) in [7, 11) is 0. The Morgan fingerprint density at radius 3 is 2.38 bits per heavy atom. The van der Waals surface area contributed by atoms with E-state index < -0.39 is 19.5 Å². The minimum absolute atomic E-state index is 1.32. The average molecular weight is 224 g/mol. The molecule has 1 aromatic carbocycles. The monoisotopic (exact) mass is 224 g/mol. The molecular weight excluding hydrogens is 213 g/mol. The fourth-order valence-electron chi connectivity index (χ4n) is 1.61. The second-order valence-corrected chi connectivity index (χ2v) is 3.67. The van der Waals surface area contributed by atoms with E-state index in [1.165, 1.54) is 25.7 Å². The van der Waals surface area contributed by atoms with Gasteiger partial charge in [-0.25, -0.2) is 6.07 Å². The summed E-state index contributed by atoms with van der Waals surface area (Å²) in [5.74, 6) is 0. The summed E-state index contributed by atoms with van der Waals surface area (Å²) in [4.78, 5) is 0. The summed E-state index contributed by atoms with van der Waals surface area (Å²) in [6, 6.07) is 6.69. The van der Waals surface area contributed by atoms with Gasteiger partial charge in [0.25, 0.3) is 0 Å². The Morgan fingerprint density at radius 1 is 1.15 bits per heavy atom. The molecule has 1 aliphatic rings. The number of fused-ring (bicyclic) bond motifs is 1. The van der Waals surface area contributed by atoms with E-state index in [1.807, 2.05) is 0 Å². The van der Waals surface area contributed by atoms with Crippen molar-refractivity contribution in [2.75, 3.05) is 0 Å². The van der Waals surface area contributed by atoms with Crippen molar-refractivity contribution in [2.45, 2.75) is 25.7 Å². The van der Waals surface area contributed by atoms with Crippen LogP contribution in [0.15, 0.2) is 18.2 Å². The molecule has 0 amide bonds. The maximum Gasteiger partial charge on any atom is -0.0512 e.